The van der Waals surface area contributed by atoms with Gasteiger partial charge in [0.2, 0.25) is 0 Å². The van der Waals surface area contributed by atoms with Crippen molar-refractivity contribution in [3.05, 3.63) is 68.8 Å². The standard InChI is InChI=1S/C22H20N2O3S/c1-12-5-7-16-14(9-12)20-15(21(25)23-16)11-19(28-20)22(26)24(3)17-10-13(2)6-8-18(17)27-4/h5-11H,1-4H3,(H,23,25). The van der Waals surface area contributed by atoms with Crippen molar-refractivity contribution in [2.45, 2.75) is 13.8 Å². The van der Waals surface area contributed by atoms with Crippen LogP contribution in [0.1, 0.15) is 20.8 Å². The molecule has 0 aliphatic heterocycles. The van der Waals surface area contributed by atoms with Gasteiger partial charge in [-0.25, -0.2) is 0 Å². The molecule has 0 saturated carbocycles. The van der Waals surface area contributed by atoms with Gasteiger partial charge in [-0.15, -0.1) is 11.3 Å². The lowest BCUT2D eigenvalue weighted by molar-refractivity contribution is 0.0996. The Morgan fingerprint density at radius 3 is 2.50 bits per heavy atom. The van der Waals surface area contributed by atoms with E-state index in [1.54, 1.807) is 25.1 Å². The molecule has 2 aromatic carbocycles. The average molecular weight is 392 g/mol. The number of aromatic nitrogens is 1. The first-order valence-corrected chi connectivity index (χ1v) is 9.69. The molecular weight excluding hydrogens is 372 g/mol. The Labute approximate surface area is 166 Å². The van der Waals surface area contributed by atoms with Crippen molar-refractivity contribution in [1.29, 1.82) is 0 Å². The molecule has 0 spiro atoms. The lowest BCUT2D eigenvalue weighted by Crippen LogP contribution is -2.26. The largest absolute Gasteiger partial charge is 0.495 e. The number of carbonyl (C=O) groups excluding carboxylic acids is 1. The van der Waals surface area contributed by atoms with E-state index in [2.05, 4.69) is 4.98 Å². The minimum atomic E-state index is -0.183. The number of aromatic amines is 1. The Balaban J connectivity index is 1.85. The lowest BCUT2D eigenvalue weighted by atomic mass is 10.1. The molecule has 0 fully saturated rings. The number of benzene rings is 2. The second-order valence-electron chi connectivity index (χ2n) is 6.90. The molecule has 5 nitrogen and oxygen atoms in total. The number of nitrogens with zero attached hydrogens (tertiary/aromatic N) is 1. The van der Waals surface area contributed by atoms with Crippen LogP contribution in [0, 0.1) is 13.8 Å². The van der Waals surface area contributed by atoms with Crippen LogP contribution >= 0.6 is 11.3 Å². The number of hydrogen-bond donors (Lipinski definition) is 1. The normalized spacial score (nSPS) is 11.1. The third-order valence-corrected chi connectivity index (χ3v) is 6.01. The maximum atomic E-state index is 13.2. The number of ether oxygens (including phenoxy) is 1. The molecule has 4 aromatic rings. The zero-order valence-electron chi connectivity index (χ0n) is 16.1. The van der Waals surface area contributed by atoms with Crippen molar-refractivity contribution in [2.75, 3.05) is 19.1 Å². The molecule has 4 rings (SSSR count). The second kappa shape index (κ2) is 6.80. The van der Waals surface area contributed by atoms with Crippen LogP contribution in [-0.2, 0) is 0 Å². The van der Waals surface area contributed by atoms with Gasteiger partial charge in [0.1, 0.15) is 5.75 Å². The Morgan fingerprint density at radius 2 is 1.75 bits per heavy atom. The molecule has 1 amide bonds. The van der Waals surface area contributed by atoms with E-state index in [9.17, 15) is 9.59 Å². The summed E-state index contributed by atoms with van der Waals surface area (Å²) in [6, 6.07) is 13.3. The highest BCUT2D eigenvalue weighted by Gasteiger charge is 2.21. The van der Waals surface area contributed by atoms with Crippen molar-refractivity contribution in [3.8, 4) is 5.75 Å². The number of methoxy groups -OCH3 is 1. The topological polar surface area (TPSA) is 62.4 Å². The average Bonchev–Trinajstić information content (AvgIpc) is 3.14. The fraction of sp³-hybridized carbons (Fsp3) is 0.182. The van der Waals surface area contributed by atoms with Crippen molar-refractivity contribution in [3.63, 3.8) is 0 Å². The summed E-state index contributed by atoms with van der Waals surface area (Å²) in [6.07, 6.45) is 0. The number of anilines is 1. The Hall–Kier alpha value is -3.12. The number of rotatable bonds is 3. The fourth-order valence-electron chi connectivity index (χ4n) is 3.35. The Kier molecular flexibility index (Phi) is 4.43. The molecule has 2 aromatic heterocycles. The summed E-state index contributed by atoms with van der Waals surface area (Å²) in [5, 5.41) is 1.49. The van der Waals surface area contributed by atoms with Crippen LogP contribution in [0.5, 0.6) is 5.75 Å². The minimum Gasteiger partial charge on any atom is -0.495 e. The predicted octanol–water partition coefficient (Wildman–Crippen LogP) is 4.64. The van der Waals surface area contributed by atoms with Gasteiger partial charge in [-0.05, 0) is 49.7 Å². The maximum Gasteiger partial charge on any atom is 0.268 e. The van der Waals surface area contributed by atoms with Gasteiger partial charge >= 0.3 is 0 Å². The van der Waals surface area contributed by atoms with Gasteiger partial charge < -0.3 is 14.6 Å². The lowest BCUT2D eigenvalue weighted by Gasteiger charge is -2.19. The highest BCUT2D eigenvalue weighted by molar-refractivity contribution is 7.21. The van der Waals surface area contributed by atoms with E-state index in [0.29, 0.717) is 21.7 Å². The Morgan fingerprint density at radius 1 is 1.04 bits per heavy atom. The Bertz CT molecular complexity index is 1290. The van der Waals surface area contributed by atoms with Crippen LogP contribution in [0.25, 0.3) is 21.0 Å². The first-order chi connectivity index (χ1) is 13.4. The molecule has 0 bridgehead atoms. The molecule has 0 unspecified atom stereocenters. The van der Waals surface area contributed by atoms with Gasteiger partial charge in [0.15, 0.2) is 0 Å². The monoisotopic (exact) mass is 392 g/mol. The van der Waals surface area contributed by atoms with E-state index in [4.69, 9.17) is 4.74 Å². The number of H-pyrrole nitrogens is 1. The maximum absolute atomic E-state index is 13.2. The molecule has 28 heavy (non-hydrogen) atoms. The zero-order valence-corrected chi connectivity index (χ0v) is 16.9. The van der Waals surface area contributed by atoms with Gasteiger partial charge in [0.25, 0.3) is 11.5 Å². The fourth-order valence-corrected chi connectivity index (χ4v) is 4.51. The molecule has 0 radical (unpaired) electrons. The molecule has 0 atom stereocenters. The predicted molar refractivity (Wildman–Crippen MR) is 115 cm³/mol. The van der Waals surface area contributed by atoms with E-state index < -0.39 is 0 Å². The number of thiophene rings is 1. The summed E-state index contributed by atoms with van der Waals surface area (Å²) in [6.45, 7) is 3.97. The highest BCUT2D eigenvalue weighted by atomic mass is 32.1. The molecular formula is C22H20N2O3S. The first-order valence-electron chi connectivity index (χ1n) is 8.88. The van der Waals surface area contributed by atoms with E-state index in [1.165, 1.54) is 11.3 Å². The minimum absolute atomic E-state index is 0.176. The zero-order chi connectivity index (χ0) is 20.0. The van der Waals surface area contributed by atoms with Crippen molar-refractivity contribution < 1.29 is 9.53 Å². The first kappa shape index (κ1) is 18.3. The smallest absolute Gasteiger partial charge is 0.268 e. The number of carbonyl (C=O) groups is 1. The van der Waals surface area contributed by atoms with Crippen molar-refractivity contribution >= 4 is 43.9 Å². The van der Waals surface area contributed by atoms with Gasteiger partial charge in [-0.3, -0.25) is 9.59 Å². The summed E-state index contributed by atoms with van der Waals surface area (Å²) < 4.78 is 6.24. The summed E-state index contributed by atoms with van der Waals surface area (Å²) in [5.41, 5.74) is 3.42. The molecule has 0 saturated heterocycles. The summed E-state index contributed by atoms with van der Waals surface area (Å²) in [5.74, 6) is 0.451. The molecule has 6 heteroatoms. The van der Waals surface area contributed by atoms with Gasteiger partial charge in [-0.1, -0.05) is 17.7 Å². The van der Waals surface area contributed by atoms with Gasteiger partial charge in [-0.2, -0.15) is 0 Å². The number of pyridine rings is 1. The van der Waals surface area contributed by atoms with E-state index in [0.717, 1.165) is 26.7 Å². The van der Waals surface area contributed by atoms with E-state index in [-0.39, 0.29) is 11.5 Å². The summed E-state index contributed by atoms with van der Waals surface area (Å²) in [4.78, 5) is 30.7. The van der Waals surface area contributed by atoms with E-state index >= 15 is 0 Å². The third-order valence-electron chi connectivity index (χ3n) is 4.86. The van der Waals surface area contributed by atoms with Crippen LogP contribution < -0.4 is 15.2 Å². The number of fused-ring (bicyclic) bond motifs is 3. The molecule has 142 valence electrons. The quantitative estimate of drug-likeness (QED) is 0.552. The number of nitrogens with one attached hydrogen (secondary N) is 1. The van der Waals surface area contributed by atoms with Gasteiger partial charge in [0.05, 0.1) is 23.1 Å². The van der Waals surface area contributed by atoms with Gasteiger partial charge in [0, 0.05) is 22.7 Å². The number of hydrogen-bond acceptors (Lipinski definition) is 4. The third kappa shape index (κ3) is 2.96. The van der Waals surface area contributed by atoms with E-state index in [1.807, 2.05) is 50.2 Å². The SMILES string of the molecule is COc1ccc(C)cc1N(C)C(=O)c1cc2c(=O)[nH]c3ccc(C)cc3c2s1. The molecule has 0 aliphatic carbocycles. The van der Waals surface area contributed by atoms with Crippen LogP contribution in [-0.4, -0.2) is 25.0 Å². The van der Waals surface area contributed by atoms with Crippen molar-refractivity contribution in [2.24, 2.45) is 0 Å². The van der Waals surface area contributed by atoms with Crippen LogP contribution in [0.3, 0.4) is 0 Å². The second-order valence-corrected chi connectivity index (χ2v) is 7.95. The van der Waals surface area contributed by atoms with Crippen LogP contribution in [0.4, 0.5) is 5.69 Å². The van der Waals surface area contributed by atoms with Crippen LogP contribution in [0.15, 0.2) is 47.3 Å². The number of aryl methyl sites for hydroxylation is 2. The number of amides is 1. The van der Waals surface area contributed by atoms with Crippen molar-refractivity contribution in [1.82, 2.24) is 4.98 Å². The highest BCUT2D eigenvalue weighted by Crippen LogP contribution is 2.33. The summed E-state index contributed by atoms with van der Waals surface area (Å²) in [7, 11) is 3.30. The molecule has 2 heterocycles. The molecule has 0 aliphatic rings. The summed E-state index contributed by atoms with van der Waals surface area (Å²) >= 11 is 1.35. The molecule has 1 N–H and O–H groups in total. The van der Waals surface area contributed by atoms with Crippen LogP contribution in [0.2, 0.25) is 0 Å².